The highest BCUT2D eigenvalue weighted by molar-refractivity contribution is 8.03. The summed E-state index contributed by atoms with van der Waals surface area (Å²) in [7, 11) is 1.31. The van der Waals surface area contributed by atoms with Gasteiger partial charge >= 0.3 is 5.97 Å². The molecule has 3 rings (SSSR count). The topological polar surface area (TPSA) is 79.2 Å². The highest BCUT2D eigenvalue weighted by Crippen LogP contribution is 2.46. The second-order valence-electron chi connectivity index (χ2n) is 6.09. The maximum atomic E-state index is 12.7. The van der Waals surface area contributed by atoms with Gasteiger partial charge in [0, 0.05) is 17.7 Å². The van der Waals surface area contributed by atoms with Crippen LogP contribution >= 0.6 is 35.0 Å². The Morgan fingerprint density at radius 3 is 2.89 bits per heavy atom. The van der Waals surface area contributed by atoms with Crippen molar-refractivity contribution in [2.24, 2.45) is 0 Å². The van der Waals surface area contributed by atoms with Gasteiger partial charge < -0.3 is 10.1 Å². The van der Waals surface area contributed by atoms with Gasteiger partial charge in [0.25, 0.3) is 0 Å². The molecule has 0 aromatic heterocycles. The number of rotatable bonds is 4. The van der Waals surface area contributed by atoms with E-state index in [9.17, 15) is 14.9 Å². The summed E-state index contributed by atoms with van der Waals surface area (Å²) in [6.45, 7) is 0. The van der Waals surface area contributed by atoms with Gasteiger partial charge in [-0.05, 0) is 24.5 Å². The molecule has 1 aromatic rings. The van der Waals surface area contributed by atoms with Crippen LogP contribution in [0.5, 0.6) is 0 Å². The summed E-state index contributed by atoms with van der Waals surface area (Å²) in [5.41, 5.74) is 2.30. The Hall–Kier alpha value is -1.94. The van der Waals surface area contributed by atoms with E-state index in [0.717, 1.165) is 12.1 Å². The molecular weight excluding hydrogens is 407 g/mol. The number of carbonyl (C=O) groups is 2. The number of hydrogen-bond acceptors (Lipinski definition) is 6. The van der Waals surface area contributed by atoms with Crippen LogP contribution in [0.4, 0.5) is 0 Å². The van der Waals surface area contributed by atoms with Gasteiger partial charge in [0.2, 0.25) is 0 Å². The summed E-state index contributed by atoms with van der Waals surface area (Å²) in [6.07, 6.45) is 1.85. The minimum absolute atomic E-state index is 0.00504. The number of Topliss-reactive ketones (excluding diaryl/α,β-unsaturated/α-hetero) is 1. The third-order valence-corrected chi connectivity index (χ3v) is 6.34. The molecule has 0 fully saturated rings. The molecule has 27 heavy (non-hydrogen) atoms. The zero-order chi connectivity index (χ0) is 19.6. The van der Waals surface area contributed by atoms with Crippen LogP contribution < -0.4 is 5.32 Å². The Morgan fingerprint density at radius 2 is 2.19 bits per heavy atom. The molecule has 0 spiro atoms. The number of carbonyl (C=O) groups excluding carboxylic acids is 2. The van der Waals surface area contributed by atoms with Crippen molar-refractivity contribution in [1.82, 2.24) is 5.32 Å². The predicted molar refractivity (Wildman–Crippen MR) is 105 cm³/mol. The van der Waals surface area contributed by atoms with Gasteiger partial charge in [-0.3, -0.25) is 9.59 Å². The summed E-state index contributed by atoms with van der Waals surface area (Å²) in [5.74, 6) is -0.959. The molecular formula is C19H16Cl2N2O3S. The molecule has 0 radical (unpaired) electrons. The molecule has 1 N–H and O–H groups in total. The first kappa shape index (κ1) is 19.8. The Kier molecular flexibility index (Phi) is 6.15. The van der Waals surface area contributed by atoms with Gasteiger partial charge in [-0.25, -0.2) is 0 Å². The van der Waals surface area contributed by atoms with Gasteiger partial charge in [0.1, 0.15) is 0 Å². The average Bonchev–Trinajstić information content (AvgIpc) is 2.67. The van der Waals surface area contributed by atoms with Crippen molar-refractivity contribution in [2.45, 2.75) is 25.2 Å². The molecule has 2 aliphatic rings. The molecule has 0 unspecified atom stereocenters. The maximum absolute atomic E-state index is 12.7. The quantitative estimate of drug-likeness (QED) is 0.727. The van der Waals surface area contributed by atoms with E-state index in [1.807, 2.05) is 0 Å². The van der Waals surface area contributed by atoms with E-state index in [2.05, 4.69) is 16.1 Å². The Bertz CT molecular complexity index is 918. The second kappa shape index (κ2) is 8.39. The Labute approximate surface area is 171 Å². The minimum Gasteiger partial charge on any atom is -0.468 e. The van der Waals surface area contributed by atoms with Crippen LogP contribution in [0.15, 0.2) is 40.1 Å². The fraction of sp³-hybridized carbons (Fsp3) is 0.316. The lowest BCUT2D eigenvalue weighted by atomic mass is 9.77. The number of nitrogens with one attached hydrogen (secondary N) is 1. The van der Waals surface area contributed by atoms with E-state index in [-0.39, 0.29) is 11.5 Å². The molecule has 0 saturated heterocycles. The molecule has 0 bridgehead atoms. The normalized spacial score (nSPS) is 19.3. The van der Waals surface area contributed by atoms with Crippen molar-refractivity contribution in [2.75, 3.05) is 12.9 Å². The van der Waals surface area contributed by atoms with Crippen molar-refractivity contribution in [3.05, 3.63) is 55.7 Å². The van der Waals surface area contributed by atoms with E-state index in [4.69, 9.17) is 23.2 Å². The van der Waals surface area contributed by atoms with Gasteiger partial charge in [0.05, 0.1) is 45.5 Å². The van der Waals surface area contributed by atoms with E-state index >= 15 is 0 Å². The first-order chi connectivity index (χ1) is 13.0. The molecule has 8 heteroatoms. The lowest BCUT2D eigenvalue weighted by Gasteiger charge is -2.33. The summed E-state index contributed by atoms with van der Waals surface area (Å²) in [6, 6.07) is 7.38. The molecule has 1 atom stereocenters. The number of hydrogen-bond donors (Lipinski definition) is 1. The van der Waals surface area contributed by atoms with Crippen LogP contribution in [-0.2, 0) is 14.3 Å². The van der Waals surface area contributed by atoms with Crippen molar-refractivity contribution in [3.8, 4) is 6.07 Å². The second-order valence-corrected chi connectivity index (χ2v) is 7.86. The van der Waals surface area contributed by atoms with Gasteiger partial charge in [0.15, 0.2) is 5.78 Å². The number of benzene rings is 1. The van der Waals surface area contributed by atoms with Crippen LogP contribution in [-0.4, -0.2) is 24.6 Å². The molecule has 1 aliphatic carbocycles. The molecule has 0 saturated carbocycles. The van der Waals surface area contributed by atoms with Gasteiger partial charge in [-0.15, -0.1) is 0 Å². The molecule has 1 aromatic carbocycles. The monoisotopic (exact) mass is 422 g/mol. The third kappa shape index (κ3) is 3.86. The van der Waals surface area contributed by atoms with Crippen molar-refractivity contribution in [3.63, 3.8) is 0 Å². The zero-order valence-electron chi connectivity index (χ0n) is 14.5. The number of ketones is 1. The Morgan fingerprint density at radius 1 is 1.41 bits per heavy atom. The summed E-state index contributed by atoms with van der Waals surface area (Å²) in [5, 5.41) is 14.3. The third-order valence-electron chi connectivity index (χ3n) is 4.52. The molecule has 1 aliphatic heterocycles. The fourth-order valence-electron chi connectivity index (χ4n) is 3.28. The van der Waals surface area contributed by atoms with Crippen LogP contribution in [0.2, 0.25) is 10.0 Å². The van der Waals surface area contributed by atoms with Crippen LogP contribution in [0.25, 0.3) is 0 Å². The highest BCUT2D eigenvalue weighted by atomic mass is 35.5. The lowest BCUT2D eigenvalue weighted by Crippen LogP contribution is -2.31. The number of ether oxygens (including phenoxy) is 1. The van der Waals surface area contributed by atoms with E-state index in [1.165, 1.54) is 18.9 Å². The smallest absolute Gasteiger partial charge is 0.316 e. The number of esters is 1. The van der Waals surface area contributed by atoms with Gasteiger partial charge in [-0.2, -0.15) is 5.26 Å². The van der Waals surface area contributed by atoms with Crippen molar-refractivity contribution in [1.29, 1.82) is 5.26 Å². The molecule has 5 nitrogen and oxygen atoms in total. The number of dihydropyridines is 1. The van der Waals surface area contributed by atoms with Crippen molar-refractivity contribution < 1.29 is 14.3 Å². The SMILES string of the molecule is COC(=O)CSC1=C(C#N)[C@H](c2cccc(Cl)c2Cl)C2=C(CCCC2=O)N1. The Balaban J connectivity index is 2.14. The first-order valence-electron chi connectivity index (χ1n) is 8.29. The van der Waals surface area contributed by atoms with Crippen LogP contribution in [0.3, 0.4) is 0 Å². The average molecular weight is 423 g/mol. The number of nitriles is 1. The summed E-state index contributed by atoms with van der Waals surface area (Å²) >= 11 is 13.8. The summed E-state index contributed by atoms with van der Waals surface area (Å²) in [4.78, 5) is 24.3. The predicted octanol–water partition coefficient (Wildman–Crippen LogP) is 4.33. The number of methoxy groups -OCH3 is 1. The maximum Gasteiger partial charge on any atom is 0.316 e. The lowest BCUT2D eigenvalue weighted by molar-refractivity contribution is -0.137. The van der Waals surface area contributed by atoms with E-state index in [0.29, 0.717) is 44.6 Å². The van der Waals surface area contributed by atoms with E-state index < -0.39 is 11.9 Å². The number of nitrogens with zero attached hydrogens (tertiary/aromatic N) is 1. The number of allylic oxidation sites excluding steroid dienone is 3. The van der Waals surface area contributed by atoms with Crippen LogP contribution in [0.1, 0.15) is 30.7 Å². The highest BCUT2D eigenvalue weighted by Gasteiger charge is 2.38. The first-order valence-corrected chi connectivity index (χ1v) is 10.0. The van der Waals surface area contributed by atoms with Crippen molar-refractivity contribution >= 4 is 46.7 Å². The fourth-order valence-corrected chi connectivity index (χ4v) is 4.59. The van der Waals surface area contributed by atoms with E-state index in [1.54, 1.807) is 18.2 Å². The molecule has 140 valence electrons. The van der Waals surface area contributed by atoms with Gasteiger partial charge in [-0.1, -0.05) is 47.1 Å². The van der Waals surface area contributed by atoms with Crippen LogP contribution in [0, 0.1) is 11.3 Å². The summed E-state index contributed by atoms with van der Waals surface area (Å²) < 4.78 is 4.68. The largest absolute Gasteiger partial charge is 0.468 e. The minimum atomic E-state index is -0.606. The number of thioether (sulfide) groups is 1. The standard InChI is InChI=1S/C19H16Cl2N2O3S/c1-26-15(25)9-27-19-11(8-22)16(10-4-2-5-12(20)18(10)21)17-13(23-19)6-3-7-14(17)24/h2,4-5,16,23H,3,6-7,9H2,1H3/t16-/m0/s1. The number of halogens is 2. The molecule has 0 amide bonds. The zero-order valence-corrected chi connectivity index (χ0v) is 16.8. The molecule has 1 heterocycles.